The number of aryl methyl sites for hydroxylation is 1. The summed E-state index contributed by atoms with van der Waals surface area (Å²) in [6, 6.07) is 8.21. The van der Waals surface area contributed by atoms with Gasteiger partial charge in [0.2, 0.25) is 0 Å². The van der Waals surface area contributed by atoms with Crippen molar-refractivity contribution in [3.8, 4) is 5.69 Å². The van der Waals surface area contributed by atoms with Crippen LogP contribution in [0.1, 0.15) is 39.1 Å². The van der Waals surface area contributed by atoms with Gasteiger partial charge in [0.05, 0.1) is 12.2 Å². The number of aromatic nitrogens is 4. The Morgan fingerprint density at radius 3 is 2.63 bits per heavy atom. The molecule has 0 fully saturated rings. The van der Waals surface area contributed by atoms with Crippen LogP contribution in [-0.2, 0) is 13.0 Å². The molecule has 0 aliphatic heterocycles. The first kappa shape index (κ1) is 13.7. The van der Waals surface area contributed by atoms with Gasteiger partial charge in [-0.05, 0) is 49.2 Å². The summed E-state index contributed by atoms with van der Waals surface area (Å²) in [5.74, 6) is 0.829. The first-order valence-corrected chi connectivity index (χ1v) is 6.62. The van der Waals surface area contributed by atoms with Gasteiger partial charge in [0.15, 0.2) is 5.82 Å². The number of tetrazole rings is 1. The molecular formula is C14H21N5. The summed E-state index contributed by atoms with van der Waals surface area (Å²) in [5.41, 5.74) is 2.34. The van der Waals surface area contributed by atoms with E-state index in [0.29, 0.717) is 6.54 Å². The molecule has 0 atom stereocenters. The van der Waals surface area contributed by atoms with E-state index in [9.17, 15) is 0 Å². The fourth-order valence-corrected chi connectivity index (χ4v) is 1.86. The molecule has 0 saturated carbocycles. The Morgan fingerprint density at radius 1 is 1.21 bits per heavy atom. The first-order valence-electron chi connectivity index (χ1n) is 6.62. The van der Waals surface area contributed by atoms with Gasteiger partial charge in [0, 0.05) is 5.54 Å². The Hall–Kier alpha value is -1.75. The van der Waals surface area contributed by atoms with E-state index in [1.54, 1.807) is 0 Å². The van der Waals surface area contributed by atoms with E-state index >= 15 is 0 Å². The maximum atomic E-state index is 4.11. The molecule has 19 heavy (non-hydrogen) atoms. The third-order valence-corrected chi connectivity index (χ3v) is 2.91. The quantitative estimate of drug-likeness (QED) is 0.913. The predicted octanol–water partition coefficient (Wildman–Crippen LogP) is 2.11. The lowest BCUT2D eigenvalue weighted by Crippen LogP contribution is -2.36. The molecule has 2 aromatic rings. The van der Waals surface area contributed by atoms with Crippen LogP contribution in [0.2, 0.25) is 0 Å². The van der Waals surface area contributed by atoms with Gasteiger partial charge in [-0.25, -0.2) is 0 Å². The average molecular weight is 259 g/mol. The van der Waals surface area contributed by atoms with Gasteiger partial charge < -0.3 is 5.32 Å². The number of nitrogens with zero attached hydrogens (tertiary/aromatic N) is 4. The monoisotopic (exact) mass is 259 g/mol. The van der Waals surface area contributed by atoms with Crippen molar-refractivity contribution in [3.05, 3.63) is 35.7 Å². The molecular weight excluding hydrogens is 238 g/mol. The van der Waals surface area contributed by atoms with E-state index in [1.165, 1.54) is 5.56 Å². The van der Waals surface area contributed by atoms with Crippen LogP contribution < -0.4 is 5.32 Å². The van der Waals surface area contributed by atoms with Gasteiger partial charge in [-0.1, -0.05) is 25.1 Å². The van der Waals surface area contributed by atoms with Gasteiger partial charge in [-0.15, -0.1) is 5.10 Å². The van der Waals surface area contributed by atoms with E-state index in [4.69, 9.17) is 0 Å². The molecule has 1 aromatic carbocycles. The molecule has 2 rings (SSSR count). The Kier molecular flexibility index (Phi) is 3.95. The Balaban J connectivity index is 2.29. The second-order valence-electron chi connectivity index (χ2n) is 5.59. The molecule has 0 amide bonds. The van der Waals surface area contributed by atoms with Crippen LogP contribution in [-0.4, -0.2) is 25.7 Å². The minimum Gasteiger partial charge on any atom is -0.305 e. The van der Waals surface area contributed by atoms with E-state index < -0.39 is 0 Å². The van der Waals surface area contributed by atoms with Gasteiger partial charge >= 0.3 is 0 Å². The zero-order valence-electron chi connectivity index (χ0n) is 12.0. The zero-order chi connectivity index (χ0) is 13.9. The number of nitrogens with one attached hydrogen (secondary N) is 1. The highest BCUT2D eigenvalue weighted by Crippen LogP contribution is 2.15. The third kappa shape index (κ3) is 3.38. The van der Waals surface area contributed by atoms with Gasteiger partial charge in [0.1, 0.15) is 0 Å². The zero-order valence-corrected chi connectivity index (χ0v) is 12.0. The maximum absolute atomic E-state index is 4.11. The Bertz CT molecular complexity index is 539. The lowest BCUT2D eigenvalue weighted by atomic mass is 10.1. The van der Waals surface area contributed by atoms with Crippen molar-refractivity contribution in [2.45, 2.75) is 46.2 Å². The topological polar surface area (TPSA) is 55.6 Å². The fourth-order valence-electron chi connectivity index (χ4n) is 1.86. The van der Waals surface area contributed by atoms with Crippen LogP contribution in [0.3, 0.4) is 0 Å². The van der Waals surface area contributed by atoms with E-state index in [-0.39, 0.29) is 5.54 Å². The summed E-state index contributed by atoms with van der Waals surface area (Å²) in [4.78, 5) is 0. The van der Waals surface area contributed by atoms with Crippen LogP contribution in [0, 0.1) is 0 Å². The van der Waals surface area contributed by atoms with Crippen LogP contribution in [0.25, 0.3) is 5.69 Å². The highest BCUT2D eigenvalue weighted by Gasteiger charge is 2.14. The van der Waals surface area contributed by atoms with Crippen molar-refractivity contribution in [3.63, 3.8) is 0 Å². The summed E-state index contributed by atoms with van der Waals surface area (Å²) in [6.45, 7) is 9.16. The third-order valence-electron chi connectivity index (χ3n) is 2.91. The number of hydrogen-bond acceptors (Lipinski definition) is 4. The molecule has 5 nitrogen and oxygen atoms in total. The lowest BCUT2D eigenvalue weighted by Gasteiger charge is -2.20. The lowest BCUT2D eigenvalue weighted by molar-refractivity contribution is 0.415. The molecule has 102 valence electrons. The van der Waals surface area contributed by atoms with E-state index in [1.807, 2.05) is 16.8 Å². The van der Waals surface area contributed by atoms with Crippen molar-refractivity contribution >= 4 is 0 Å². The Morgan fingerprint density at radius 2 is 1.95 bits per heavy atom. The molecule has 0 aliphatic rings. The molecule has 1 aromatic heterocycles. The summed E-state index contributed by atoms with van der Waals surface area (Å²) in [7, 11) is 0. The van der Waals surface area contributed by atoms with Crippen molar-refractivity contribution in [1.82, 2.24) is 25.5 Å². The molecule has 0 radical (unpaired) electrons. The standard InChI is InChI=1S/C14H21N5/c1-5-11-8-6-7-9-12(11)19-13(16-17-18-19)10-15-14(2,3)4/h6-9,15H,5,10H2,1-4H3. The maximum Gasteiger partial charge on any atom is 0.170 e. The van der Waals surface area contributed by atoms with Crippen molar-refractivity contribution < 1.29 is 0 Å². The second-order valence-corrected chi connectivity index (χ2v) is 5.59. The van der Waals surface area contributed by atoms with Gasteiger partial charge in [0.25, 0.3) is 0 Å². The summed E-state index contributed by atoms with van der Waals surface area (Å²) >= 11 is 0. The molecule has 5 heteroatoms. The number of rotatable bonds is 4. The van der Waals surface area contributed by atoms with Crippen LogP contribution in [0.5, 0.6) is 0 Å². The van der Waals surface area contributed by atoms with Crippen molar-refractivity contribution in [2.75, 3.05) is 0 Å². The van der Waals surface area contributed by atoms with Crippen LogP contribution >= 0.6 is 0 Å². The average Bonchev–Trinajstić information content (AvgIpc) is 2.83. The van der Waals surface area contributed by atoms with Crippen molar-refractivity contribution in [2.24, 2.45) is 0 Å². The number of benzene rings is 1. The smallest absolute Gasteiger partial charge is 0.170 e. The molecule has 1 heterocycles. The van der Waals surface area contributed by atoms with Crippen LogP contribution in [0.4, 0.5) is 0 Å². The number of para-hydroxylation sites is 1. The number of hydrogen-bond donors (Lipinski definition) is 1. The molecule has 0 aliphatic carbocycles. The highest BCUT2D eigenvalue weighted by molar-refractivity contribution is 5.40. The fraction of sp³-hybridized carbons (Fsp3) is 0.500. The largest absolute Gasteiger partial charge is 0.305 e. The predicted molar refractivity (Wildman–Crippen MR) is 75.1 cm³/mol. The second kappa shape index (κ2) is 5.48. The molecule has 0 unspecified atom stereocenters. The molecule has 0 saturated heterocycles. The summed E-state index contributed by atoms with van der Waals surface area (Å²) in [5, 5.41) is 15.4. The molecule has 1 N–H and O–H groups in total. The SMILES string of the molecule is CCc1ccccc1-n1nnnc1CNC(C)(C)C. The normalized spacial score (nSPS) is 11.8. The van der Waals surface area contributed by atoms with E-state index in [0.717, 1.165) is 17.9 Å². The summed E-state index contributed by atoms with van der Waals surface area (Å²) in [6.07, 6.45) is 0.960. The Labute approximate surface area is 114 Å². The van der Waals surface area contributed by atoms with Gasteiger partial charge in [-0.3, -0.25) is 0 Å². The summed E-state index contributed by atoms with van der Waals surface area (Å²) < 4.78 is 1.82. The van der Waals surface area contributed by atoms with Gasteiger partial charge in [-0.2, -0.15) is 4.68 Å². The van der Waals surface area contributed by atoms with Crippen LogP contribution in [0.15, 0.2) is 24.3 Å². The van der Waals surface area contributed by atoms with E-state index in [2.05, 4.69) is 60.7 Å². The molecule has 0 spiro atoms. The van der Waals surface area contributed by atoms with Crippen molar-refractivity contribution in [1.29, 1.82) is 0 Å². The minimum atomic E-state index is 0.0427. The highest BCUT2D eigenvalue weighted by atomic mass is 15.5. The first-order chi connectivity index (χ1) is 9.01. The molecule has 0 bridgehead atoms. The minimum absolute atomic E-state index is 0.0427.